The molecule has 15 heavy (non-hydrogen) atoms. The van der Waals surface area contributed by atoms with Gasteiger partial charge in [0.15, 0.2) is 0 Å². The molecule has 0 saturated carbocycles. The average Bonchev–Trinajstić information content (AvgIpc) is 2.03. The van der Waals surface area contributed by atoms with Gasteiger partial charge in [0.05, 0.1) is 41.3 Å². The topological polar surface area (TPSA) is 9.49 Å². The lowest BCUT2D eigenvalue weighted by Crippen LogP contribution is -3.00. The summed E-state index contributed by atoms with van der Waals surface area (Å²) in [7, 11) is 8.14. The Morgan fingerprint density at radius 3 is 1.73 bits per heavy atom. The maximum Gasteiger partial charge on any atom is 0.350 e. The molecule has 0 unspecified atom stereocenters. The minimum atomic E-state index is 0. The van der Waals surface area contributed by atoms with Gasteiger partial charge in [0.2, 0.25) is 0 Å². The lowest BCUT2D eigenvalue weighted by molar-refractivity contribution is -0.475. The molecule has 88 valence electrons. The standard InChI is InChI=1S/C11H22N3.ClH/c1-7-9-14(10-8-2)11(12(3)4)13(5)6;/h7-8H,1-2,9-10H2,3-6H3;1H/q+1;/p-1. The van der Waals surface area contributed by atoms with E-state index in [1.807, 2.05) is 40.3 Å². The van der Waals surface area contributed by atoms with Gasteiger partial charge in [-0.1, -0.05) is 25.3 Å². The molecule has 0 atom stereocenters. The molecule has 0 aliphatic carbocycles. The molecule has 0 radical (unpaired) electrons. The SMILES string of the molecule is C=CCN(CC=C)C(N(C)C)=[N+](C)C.[Cl-]. The lowest BCUT2D eigenvalue weighted by Gasteiger charge is -2.22. The van der Waals surface area contributed by atoms with Gasteiger partial charge in [0, 0.05) is 0 Å². The van der Waals surface area contributed by atoms with Crippen LogP contribution in [0.2, 0.25) is 0 Å². The van der Waals surface area contributed by atoms with Crippen molar-refractivity contribution in [1.82, 2.24) is 9.80 Å². The van der Waals surface area contributed by atoms with E-state index in [2.05, 4.69) is 27.5 Å². The number of halogens is 1. The average molecular weight is 232 g/mol. The first-order valence-electron chi connectivity index (χ1n) is 4.73. The third-order valence-electron chi connectivity index (χ3n) is 1.78. The molecule has 0 aliphatic heterocycles. The van der Waals surface area contributed by atoms with E-state index in [4.69, 9.17) is 0 Å². The molecule has 0 spiro atoms. The summed E-state index contributed by atoms with van der Waals surface area (Å²) in [5.74, 6) is 1.16. The van der Waals surface area contributed by atoms with Crippen LogP contribution in [-0.2, 0) is 0 Å². The van der Waals surface area contributed by atoms with E-state index >= 15 is 0 Å². The van der Waals surface area contributed by atoms with Crippen molar-refractivity contribution in [3.8, 4) is 0 Å². The summed E-state index contributed by atoms with van der Waals surface area (Å²) < 4.78 is 2.09. The lowest BCUT2D eigenvalue weighted by atomic mass is 10.4. The van der Waals surface area contributed by atoms with E-state index in [1.54, 1.807) is 0 Å². The molecule has 0 aliphatic rings. The minimum absolute atomic E-state index is 0. The largest absolute Gasteiger partial charge is 1.00 e. The molecule has 0 bridgehead atoms. The van der Waals surface area contributed by atoms with Gasteiger partial charge < -0.3 is 12.4 Å². The van der Waals surface area contributed by atoms with Crippen LogP contribution in [0.5, 0.6) is 0 Å². The summed E-state index contributed by atoms with van der Waals surface area (Å²) in [6.45, 7) is 9.18. The molecular weight excluding hydrogens is 210 g/mol. The van der Waals surface area contributed by atoms with E-state index in [1.165, 1.54) is 0 Å². The van der Waals surface area contributed by atoms with Gasteiger partial charge in [-0.3, -0.25) is 14.4 Å². The normalized spacial score (nSPS) is 8.53. The smallest absolute Gasteiger partial charge is 0.350 e. The van der Waals surface area contributed by atoms with Crippen molar-refractivity contribution >= 4 is 5.96 Å². The van der Waals surface area contributed by atoms with Crippen molar-refractivity contribution in [2.24, 2.45) is 0 Å². The maximum atomic E-state index is 3.76. The summed E-state index contributed by atoms with van der Waals surface area (Å²) >= 11 is 0. The molecule has 0 aromatic heterocycles. The molecule has 3 nitrogen and oxygen atoms in total. The van der Waals surface area contributed by atoms with E-state index in [9.17, 15) is 0 Å². The molecule has 0 rings (SSSR count). The molecule has 0 aromatic rings. The summed E-state index contributed by atoms with van der Waals surface area (Å²) in [4.78, 5) is 4.30. The van der Waals surface area contributed by atoms with Gasteiger partial charge in [-0.2, -0.15) is 0 Å². The molecule has 0 aromatic carbocycles. The van der Waals surface area contributed by atoms with Gasteiger partial charge in [-0.15, -0.1) is 0 Å². The number of guanidine groups is 1. The van der Waals surface area contributed by atoms with Crippen LogP contribution in [-0.4, -0.2) is 61.6 Å². The highest BCUT2D eigenvalue weighted by molar-refractivity contribution is 5.74. The van der Waals surface area contributed by atoms with Gasteiger partial charge >= 0.3 is 5.96 Å². The van der Waals surface area contributed by atoms with E-state index < -0.39 is 0 Å². The fraction of sp³-hybridized carbons (Fsp3) is 0.545. The van der Waals surface area contributed by atoms with Crippen LogP contribution in [0, 0.1) is 0 Å². The summed E-state index contributed by atoms with van der Waals surface area (Å²) in [5.41, 5.74) is 0. The zero-order valence-corrected chi connectivity index (χ0v) is 11.0. The Balaban J connectivity index is 0. The summed E-state index contributed by atoms with van der Waals surface area (Å²) in [6, 6.07) is 0. The van der Waals surface area contributed by atoms with Crippen LogP contribution in [0.15, 0.2) is 25.3 Å². The van der Waals surface area contributed by atoms with Gasteiger partial charge in [-0.05, 0) is 0 Å². The van der Waals surface area contributed by atoms with Crippen LogP contribution in [0.1, 0.15) is 0 Å². The molecule has 0 amide bonds. The molecule has 4 heteroatoms. The molecular formula is C11H22ClN3. The van der Waals surface area contributed by atoms with E-state index in [0.29, 0.717) is 0 Å². The van der Waals surface area contributed by atoms with E-state index in [0.717, 1.165) is 19.0 Å². The first-order chi connectivity index (χ1) is 6.54. The van der Waals surface area contributed by atoms with Crippen molar-refractivity contribution in [1.29, 1.82) is 0 Å². The Kier molecular flexibility index (Phi) is 9.18. The van der Waals surface area contributed by atoms with Crippen LogP contribution in [0.4, 0.5) is 0 Å². The number of hydrogen-bond donors (Lipinski definition) is 0. The second-order valence-corrected chi connectivity index (χ2v) is 3.57. The van der Waals surface area contributed by atoms with Crippen molar-refractivity contribution in [2.75, 3.05) is 41.3 Å². The highest BCUT2D eigenvalue weighted by Crippen LogP contribution is 1.95. The maximum absolute atomic E-state index is 3.76. The summed E-state index contributed by atoms with van der Waals surface area (Å²) in [5, 5.41) is 0. The zero-order valence-electron chi connectivity index (χ0n) is 10.2. The Hall–Kier alpha value is -0.960. The third kappa shape index (κ3) is 5.47. The van der Waals surface area contributed by atoms with Crippen LogP contribution >= 0.6 is 0 Å². The Morgan fingerprint density at radius 2 is 1.53 bits per heavy atom. The quantitative estimate of drug-likeness (QED) is 0.236. The van der Waals surface area contributed by atoms with Crippen molar-refractivity contribution in [3.05, 3.63) is 25.3 Å². The molecule has 0 fully saturated rings. The van der Waals surface area contributed by atoms with Gasteiger partial charge in [-0.25, -0.2) is 0 Å². The zero-order chi connectivity index (χ0) is 11.1. The van der Waals surface area contributed by atoms with Crippen molar-refractivity contribution in [3.63, 3.8) is 0 Å². The first kappa shape index (κ1) is 16.5. The Morgan fingerprint density at radius 1 is 1.13 bits per heavy atom. The first-order valence-corrected chi connectivity index (χ1v) is 4.73. The van der Waals surface area contributed by atoms with E-state index in [-0.39, 0.29) is 12.4 Å². The third-order valence-corrected chi connectivity index (χ3v) is 1.78. The van der Waals surface area contributed by atoms with Gasteiger partial charge in [0.25, 0.3) is 0 Å². The Labute approximate surface area is 99.8 Å². The number of hydrogen-bond acceptors (Lipinski definition) is 0. The second-order valence-electron chi connectivity index (χ2n) is 3.57. The molecule has 0 saturated heterocycles. The number of nitrogens with zero attached hydrogens (tertiary/aromatic N) is 3. The minimum Gasteiger partial charge on any atom is -1.00 e. The van der Waals surface area contributed by atoms with Crippen LogP contribution < -0.4 is 12.4 Å². The van der Waals surface area contributed by atoms with Crippen LogP contribution in [0.3, 0.4) is 0 Å². The molecule has 0 heterocycles. The van der Waals surface area contributed by atoms with Crippen molar-refractivity contribution in [2.45, 2.75) is 0 Å². The predicted octanol–water partition coefficient (Wildman–Crippen LogP) is -2.15. The molecule has 0 N–H and O–H groups in total. The predicted molar refractivity (Wildman–Crippen MR) is 62.8 cm³/mol. The Bertz CT molecular complexity index is 220. The second kappa shape index (κ2) is 8.36. The highest BCUT2D eigenvalue weighted by Gasteiger charge is 2.19. The van der Waals surface area contributed by atoms with Gasteiger partial charge in [0.1, 0.15) is 0 Å². The number of rotatable bonds is 4. The fourth-order valence-electron chi connectivity index (χ4n) is 1.52. The van der Waals surface area contributed by atoms with Crippen molar-refractivity contribution < 1.29 is 17.0 Å². The fourth-order valence-corrected chi connectivity index (χ4v) is 1.52. The monoisotopic (exact) mass is 231 g/mol. The highest BCUT2D eigenvalue weighted by atomic mass is 35.5. The van der Waals surface area contributed by atoms with Crippen LogP contribution in [0.25, 0.3) is 0 Å². The summed E-state index contributed by atoms with van der Waals surface area (Å²) in [6.07, 6.45) is 3.80.